The molecule has 0 saturated heterocycles. The number of primary amides is 1. The summed E-state index contributed by atoms with van der Waals surface area (Å²) in [7, 11) is 0. The van der Waals surface area contributed by atoms with Gasteiger partial charge in [0.15, 0.2) is 5.82 Å². The molecule has 20 heavy (non-hydrogen) atoms. The van der Waals surface area contributed by atoms with Crippen LogP contribution in [-0.4, -0.2) is 26.0 Å². The molecular weight excluding hydrogens is 321 g/mol. The van der Waals surface area contributed by atoms with E-state index in [1.807, 2.05) is 0 Å². The molecule has 1 aromatic carbocycles. The molecule has 2 aromatic rings. The number of benzene rings is 1. The van der Waals surface area contributed by atoms with Crippen LogP contribution in [-0.2, 0) is 4.79 Å². The normalized spacial score (nSPS) is 12.3. The molecule has 9 heteroatoms. The highest BCUT2D eigenvalue weighted by Gasteiger charge is 2.19. The lowest BCUT2D eigenvalue weighted by atomic mass is 10.2. The molecule has 4 N–H and O–H groups in total. The largest absolute Gasteiger partial charge is 0.369 e. The number of aromatic nitrogens is 3. The Morgan fingerprint density at radius 1 is 1.40 bits per heavy atom. The molecule has 0 radical (unpaired) electrons. The van der Waals surface area contributed by atoms with Crippen LogP contribution < -0.4 is 11.6 Å². The Hall–Kier alpha value is -1.44. The second-order valence-corrected chi connectivity index (χ2v) is 6.11. The van der Waals surface area contributed by atoms with Crippen molar-refractivity contribution in [3.05, 3.63) is 28.2 Å². The van der Waals surface area contributed by atoms with E-state index >= 15 is 0 Å². The standard InChI is InChI=1S/C11H11Cl2N5OS/c1-5(9(14)19)20-11-17-16-10(18(11)15)7-3-2-6(12)4-8(7)13/h2-5H,15H2,1H3,(H2,14,19). The van der Waals surface area contributed by atoms with Gasteiger partial charge in [0, 0.05) is 10.6 Å². The van der Waals surface area contributed by atoms with Crippen molar-refractivity contribution >= 4 is 40.9 Å². The van der Waals surface area contributed by atoms with Gasteiger partial charge in [-0.25, -0.2) is 4.68 Å². The van der Waals surface area contributed by atoms with E-state index in [0.29, 0.717) is 26.6 Å². The van der Waals surface area contributed by atoms with Crippen molar-refractivity contribution in [2.75, 3.05) is 5.84 Å². The molecule has 0 aliphatic carbocycles. The van der Waals surface area contributed by atoms with Crippen LogP contribution in [0.5, 0.6) is 0 Å². The van der Waals surface area contributed by atoms with E-state index in [2.05, 4.69) is 10.2 Å². The van der Waals surface area contributed by atoms with Crippen LogP contribution in [0, 0.1) is 0 Å². The molecule has 0 fully saturated rings. The van der Waals surface area contributed by atoms with E-state index in [4.69, 9.17) is 34.8 Å². The lowest BCUT2D eigenvalue weighted by molar-refractivity contribution is -0.117. The Morgan fingerprint density at radius 3 is 2.70 bits per heavy atom. The van der Waals surface area contributed by atoms with Crippen LogP contribution in [0.3, 0.4) is 0 Å². The molecule has 1 heterocycles. The number of nitrogens with zero attached hydrogens (tertiary/aromatic N) is 3. The summed E-state index contributed by atoms with van der Waals surface area (Å²) in [6.07, 6.45) is 0. The first-order valence-electron chi connectivity index (χ1n) is 5.52. The van der Waals surface area contributed by atoms with E-state index in [1.165, 1.54) is 4.68 Å². The summed E-state index contributed by atoms with van der Waals surface area (Å²) in [5.41, 5.74) is 5.80. The molecule has 2 rings (SSSR count). The fourth-order valence-electron chi connectivity index (χ4n) is 1.43. The number of amides is 1. The third-order valence-electron chi connectivity index (χ3n) is 2.52. The van der Waals surface area contributed by atoms with Crippen LogP contribution in [0.2, 0.25) is 10.0 Å². The van der Waals surface area contributed by atoms with E-state index < -0.39 is 11.2 Å². The second kappa shape index (κ2) is 5.90. The van der Waals surface area contributed by atoms with Gasteiger partial charge in [-0.2, -0.15) is 0 Å². The highest BCUT2D eigenvalue weighted by Crippen LogP contribution is 2.30. The van der Waals surface area contributed by atoms with Crippen molar-refractivity contribution in [3.63, 3.8) is 0 Å². The SMILES string of the molecule is CC(Sc1nnc(-c2ccc(Cl)cc2Cl)n1N)C(N)=O. The number of hydrogen-bond donors (Lipinski definition) is 2. The van der Waals surface area contributed by atoms with Gasteiger partial charge in [-0.3, -0.25) is 4.79 Å². The van der Waals surface area contributed by atoms with Gasteiger partial charge in [-0.05, 0) is 25.1 Å². The Morgan fingerprint density at radius 2 is 2.10 bits per heavy atom. The van der Waals surface area contributed by atoms with Crippen molar-refractivity contribution in [1.29, 1.82) is 0 Å². The van der Waals surface area contributed by atoms with Gasteiger partial charge < -0.3 is 11.6 Å². The number of halogens is 2. The van der Waals surface area contributed by atoms with Crippen molar-refractivity contribution in [2.45, 2.75) is 17.3 Å². The maximum absolute atomic E-state index is 11.1. The van der Waals surface area contributed by atoms with Crippen molar-refractivity contribution in [1.82, 2.24) is 14.9 Å². The average Bonchev–Trinajstić information content (AvgIpc) is 2.71. The number of carbonyl (C=O) groups is 1. The molecule has 0 aliphatic rings. The molecule has 0 spiro atoms. The van der Waals surface area contributed by atoms with E-state index in [1.54, 1.807) is 25.1 Å². The van der Waals surface area contributed by atoms with Gasteiger partial charge in [-0.1, -0.05) is 35.0 Å². The fourth-order valence-corrected chi connectivity index (χ4v) is 2.64. The minimum atomic E-state index is -0.463. The molecule has 0 saturated carbocycles. The zero-order chi connectivity index (χ0) is 14.9. The number of nitrogens with two attached hydrogens (primary N) is 2. The Bertz CT molecular complexity index is 660. The highest BCUT2D eigenvalue weighted by atomic mass is 35.5. The summed E-state index contributed by atoms with van der Waals surface area (Å²) >= 11 is 13.1. The van der Waals surface area contributed by atoms with Crippen LogP contribution in [0.4, 0.5) is 0 Å². The molecule has 6 nitrogen and oxygen atoms in total. The second-order valence-electron chi connectivity index (χ2n) is 3.96. The number of nitrogen functional groups attached to an aromatic ring is 1. The van der Waals surface area contributed by atoms with E-state index in [9.17, 15) is 4.79 Å². The maximum Gasteiger partial charge on any atom is 0.230 e. The van der Waals surface area contributed by atoms with Gasteiger partial charge in [0.1, 0.15) is 0 Å². The van der Waals surface area contributed by atoms with Crippen molar-refractivity contribution in [2.24, 2.45) is 5.73 Å². The highest BCUT2D eigenvalue weighted by molar-refractivity contribution is 8.00. The number of carbonyl (C=O) groups excluding carboxylic acids is 1. The average molecular weight is 332 g/mol. The smallest absolute Gasteiger partial charge is 0.230 e. The first-order valence-corrected chi connectivity index (χ1v) is 7.15. The molecule has 0 bridgehead atoms. The zero-order valence-corrected chi connectivity index (χ0v) is 12.7. The molecule has 106 valence electrons. The molecule has 1 amide bonds. The molecule has 1 atom stereocenters. The zero-order valence-electron chi connectivity index (χ0n) is 10.4. The fraction of sp³-hybridized carbons (Fsp3) is 0.182. The van der Waals surface area contributed by atoms with Crippen LogP contribution >= 0.6 is 35.0 Å². The monoisotopic (exact) mass is 331 g/mol. The first-order chi connectivity index (χ1) is 9.40. The van der Waals surface area contributed by atoms with Crippen LogP contribution in [0.15, 0.2) is 23.4 Å². The third kappa shape index (κ3) is 3.00. The van der Waals surface area contributed by atoms with Crippen molar-refractivity contribution < 1.29 is 4.79 Å². The van der Waals surface area contributed by atoms with Gasteiger partial charge in [-0.15, -0.1) is 10.2 Å². The summed E-state index contributed by atoms with van der Waals surface area (Å²) in [6.45, 7) is 1.66. The summed E-state index contributed by atoms with van der Waals surface area (Å²) in [5.74, 6) is 5.84. The lowest BCUT2D eigenvalue weighted by Crippen LogP contribution is -2.23. The first kappa shape index (κ1) is 15.0. The predicted molar refractivity (Wildman–Crippen MR) is 80.1 cm³/mol. The summed E-state index contributed by atoms with van der Waals surface area (Å²) in [4.78, 5) is 11.1. The van der Waals surface area contributed by atoms with E-state index in [0.717, 1.165) is 11.8 Å². The van der Waals surface area contributed by atoms with Crippen LogP contribution in [0.1, 0.15) is 6.92 Å². The molecule has 1 unspecified atom stereocenters. The molecule has 1 aromatic heterocycles. The number of thioether (sulfide) groups is 1. The lowest BCUT2D eigenvalue weighted by Gasteiger charge is -2.07. The quantitative estimate of drug-likeness (QED) is 0.658. The van der Waals surface area contributed by atoms with Gasteiger partial charge >= 0.3 is 0 Å². The van der Waals surface area contributed by atoms with E-state index in [-0.39, 0.29) is 0 Å². The van der Waals surface area contributed by atoms with Crippen LogP contribution in [0.25, 0.3) is 11.4 Å². The minimum Gasteiger partial charge on any atom is -0.369 e. The predicted octanol–water partition coefficient (Wildman–Crippen LogP) is 1.93. The Balaban J connectivity index is 2.35. The minimum absolute atomic E-state index is 0.373. The number of rotatable bonds is 4. The van der Waals surface area contributed by atoms with Gasteiger partial charge in [0.2, 0.25) is 11.1 Å². The number of hydrogen-bond acceptors (Lipinski definition) is 5. The topological polar surface area (TPSA) is 99.8 Å². The Kier molecular flexibility index (Phi) is 4.42. The third-order valence-corrected chi connectivity index (χ3v) is 4.14. The van der Waals surface area contributed by atoms with Gasteiger partial charge in [0.25, 0.3) is 0 Å². The molecule has 0 aliphatic heterocycles. The Labute approximate surface area is 129 Å². The van der Waals surface area contributed by atoms with Crippen molar-refractivity contribution in [3.8, 4) is 11.4 Å². The molecular formula is C11H11Cl2N5OS. The summed E-state index contributed by atoms with van der Waals surface area (Å²) in [5, 5.41) is 8.74. The maximum atomic E-state index is 11.1. The van der Waals surface area contributed by atoms with Gasteiger partial charge in [0.05, 0.1) is 10.3 Å². The summed E-state index contributed by atoms with van der Waals surface area (Å²) in [6, 6.07) is 4.96. The summed E-state index contributed by atoms with van der Waals surface area (Å²) < 4.78 is 1.26.